The average molecular weight is 505 g/mol. The molecule has 0 bridgehead atoms. The maximum Gasteiger partial charge on any atom is 0.312 e. The average Bonchev–Trinajstić information content (AvgIpc) is 2.93. The van der Waals surface area contributed by atoms with Gasteiger partial charge in [-0.3, -0.25) is 9.59 Å². The fraction of sp³-hybridized carbons (Fsp3) is 0.567. The number of rotatable bonds is 9. The molecule has 7 nitrogen and oxygen atoms in total. The van der Waals surface area contributed by atoms with Gasteiger partial charge in [-0.2, -0.15) is 0 Å². The molecule has 0 spiro atoms. The molecule has 1 saturated heterocycles. The number of anilines is 1. The van der Waals surface area contributed by atoms with Crippen molar-refractivity contribution in [3.8, 4) is 0 Å². The minimum atomic E-state index is -0.882. The van der Waals surface area contributed by atoms with Crippen LogP contribution in [0.4, 0.5) is 5.82 Å². The number of hydrogen-bond donors (Lipinski definition) is 3. The Balaban J connectivity index is 1.10. The minimum absolute atomic E-state index is 0.0173. The van der Waals surface area contributed by atoms with Crippen LogP contribution in [0.15, 0.2) is 30.3 Å². The molecule has 1 aromatic heterocycles. The highest BCUT2D eigenvalue weighted by atomic mass is 16.4. The van der Waals surface area contributed by atoms with Gasteiger partial charge in [-0.25, -0.2) is 4.98 Å². The van der Waals surface area contributed by atoms with Gasteiger partial charge in [-0.15, -0.1) is 0 Å². The largest absolute Gasteiger partial charge is 0.481 e. The van der Waals surface area contributed by atoms with Crippen molar-refractivity contribution >= 4 is 17.7 Å². The number of nitrogens with one attached hydrogen (secondary N) is 2. The van der Waals surface area contributed by atoms with Gasteiger partial charge in [0.25, 0.3) is 0 Å². The number of piperidine rings is 1. The first-order valence-electron chi connectivity index (χ1n) is 14.1. The first-order chi connectivity index (χ1) is 18.1. The summed E-state index contributed by atoms with van der Waals surface area (Å²) in [6.45, 7) is 3.84. The monoisotopic (exact) mass is 504 g/mol. The number of aromatic nitrogens is 1. The zero-order valence-corrected chi connectivity index (χ0v) is 21.8. The second-order valence-electron chi connectivity index (χ2n) is 11.0. The number of carboxylic acid groups (broad SMARTS) is 1. The summed E-state index contributed by atoms with van der Waals surface area (Å²) in [4.78, 5) is 32.3. The molecule has 1 fully saturated rings. The maximum absolute atomic E-state index is 13.0. The number of aryl methyl sites for hydroxylation is 4. The Morgan fingerprint density at radius 1 is 1.05 bits per heavy atom. The van der Waals surface area contributed by atoms with Crippen molar-refractivity contribution in [1.82, 2.24) is 15.2 Å². The van der Waals surface area contributed by atoms with Gasteiger partial charge in [0.2, 0.25) is 5.91 Å². The number of amides is 1. The second kappa shape index (κ2) is 12.1. The molecule has 7 heteroatoms. The summed E-state index contributed by atoms with van der Waals surface area (Å²) in [6, 6.07) is 10.4. The molecular weight excluding hydrogens is 464 g/mol. The van der Waals surface area contributed by atoms with Gasteiger partial charge in [0.05, 0.1) is 11.8 Å². The number of carboxylic acids is 1. The lowest BCUT2D eigenvalue weighted by atomic mass is 9.87. The molecule has 3 N–H and O–H groups in total. The Bertz CT molecular complexity index is 1120. The van der Waals surface area contributed by atoms with Crippen LogP contribution in [-0.2, 0) is 35.3 Å². The lowest BCUT2D eigenvalue weighted by Gasteiger charge is -2.32. The Kier molecular flexibility index (Phi) is 8.39. The van der Waals surface area contributed by atoms with Crippen LogP contribution >= 0.6 is 0 Å². The number of nitrogens with zero attached hydrogens (tertiary/aromatic N) is 2. The highest BCUT2D eigenvalue weighted by molar-refractivity contribution is 5.81. The van der Waals surface area contributed by atoms with Crippen LogP contribution in [0.5, 0.6) is 0 Å². The molecule has 3 heterocycles. The van der Waals surface area contributed by atoms with Crippen molar-refractivity contribution in [2.75, 3.05) is 38.0 Å². The fourth-order valence-electron chi connectivity index (χ4n) is 6.13. The summed E-state index contributed by atoms with van der Waals surface area (Å²) in [5.74, 6) is -0.649. The quantitative estimate of drug-likeness (QED) is 0.479. The maximum atomic E-state index is 13.0. The molecule has 37 heavy (non-hydrogen) atoms. The van der Waals surface area contributed by atoms with Crippen LogP contribution in [0.3, 0.4) is 0 Å². The lowest BCUT2D eigenvalue weighted by molar-refractivity contribution is -0.138. The highest BCUT2D eigenvalue weighted by Gasteiger charge is 2.28. The van der Waals surface area contributed by atoms with E-state index in [0.717, 1.165) is 94.6 Å². The van der Waals surface area contributed by atoms with E-state index in [1.165, 1.54) is 29.5 Å². The number of aliphatic carboxylic acids is 1. The van der Waals surface area contributed by atoms with Crippen LogP contribution in [0.1, 0.15) is 72.4 Å². The van der Waals surface area contributed by atoms with Crippen molar-refractivity contribution in [2.45, 2.75) is 70.1 Å². The lowest BCUT2D eigenvalue weighted by Crippen LogP contribution is -2.44. The van der Waals surface area contributed by atoms with E-state index < -0.39 is 11.9 Å². The summed E-state index contributed by atoms with van der Waals surface area (Å²) < 4.78 is 0. The molecule has 2 atom stereocenters. The Morgan fingerprint density at radius 2 is 1.86 bits per heavy atom. The van der Waals surface area contributed by atoms with E-state index in [9.17, 15) is 14.7 Å². The van der Waals surface area contributed by atoms with Gasteiger partial charge in [-0.05, 0) is 106 Å². The number of fused-ring (bicyclic) bond motifs is 2. The third kappa shape index (κ3) is 6.50. The summed E-state index contributed by atoms with van der Waals surface area (Å²) in [7, 11) is 0. The van der Waals surface area contributed by atoms with Crippen LogP contribution in [-0.4, -0.2) is 59.6 Å². The molecule has 2 aliphatic heterocycles. The van der Waals surface area contributed by atoms with Crippen LogP contribution in [0, 0.1) is 5.92 Å². The number of pyridine rings is 1. The predicted octanol–water partition coefficient (Wildman–Crippen LogP) is 3.95. The summed E-state index contributed by atoms with van der Waals surface area (Å²) in [5, 5.41) is 16.3. The van der Waals surface area contributed by atoms with E-state index >= 15 is 0 Å². The van der Waals surface area contributed by atoms with E-state index in [2.05, 4.69) is 39.8 Å². The molecular formula is C30H40N4O3. The van der Waals surface area contributed by atoms with Crippen molar-refractivity contribution < 1.29 is 14.7 Å². The van der Waals surface area contributed by atoms with Gasteiger partial charge >= 0.3 is 5.97 Å². The first-order valence-corrected chi connectivity index (χ1v) is 14.1. The normalized spacial score (nSPS) is 20.3. The van der Waals surface area contributed by atoms with E-state index in [0.29, 0.717) is 0 Å². The summed E-state index contributed by atoms with van der Waals surface area (Å²) >= 11 is 0. The molecule has 1 unspecified atom stereocenters. The first kappa shape index (κ1) is 25.7. The van der Waals surface area contributed by atoms with Crippen molar-refractivity contribution in [3.05, 3.63) is 58.3 Å². The van der Waals surface area contributed by atoms with Crippen molar-refractivity contribution in [2.24, 2.45) is 5.92 Å². The number of carbonyl (C=O) groups is 2. The van der Waals surface area contributed by atoms with E-state index in [1.807, 2.05) is 6.07 Å². The van der Waals surface area contributed by atoms with E-state index in [1.54, 1.807) is 0 Å². The molecule has 0 saturated carbocycles. The third-order valence-corrected chi connectivity index (χ3v) is 8.29. The number of hydrogen-bond acceptors (Lipinski definition) is 5. The Morgan fingerprint density at radius 3 is 2.73 bits per heavy atom. The van der Waals surface area contributed by atoms with Gasteiger partial charge < -0.3 is 20.6 Å². The zero-order chi connectivity index (χ0) is 25.6. The van der Waals surface area contributed by atoms with Gasteiger partial charge in [0.1, 0.15) is 5.82 Å². The molecule has 3 aliphatic rings. The Labute approximate surface area is 220 Å². The van der Waals surface area contributed by atoms with Crippen LogP contribution in [0.2, 0.25) is 0 Å². The molecule has 1 amide bonds. The van der Waals surface area contributed by atoms with Crippen LogP contribution in [0.25, 0.3) is 0 Å². The molecule has 1 aliphatic carbocycles. The number of benzene rings is 1. The number of likely N-dealkylation sites (tertiary alicyclic amines) is 1. The summed E-state index contributed by atoms with van der Waals surface area (Å²) in [6.07, 6.45) is 10.5. The topological polar surface area (TPSA) is 94.6 Å². The fourth-order valence-corrected chi connectivity index (χ4v) is 6.13. The van der Waals surface area contributed by atoms with Gasteiger partial charge in [0, 0.05) is 25.3 Å². The molecule has 0 radical (unpaired) electrons. The third-order valence-electron chi connectivity index (χ3n) is 8.29. The predicted molar refractivity (Wildman–Crippen MR) is 145 cm³/mol. The molecule has 2 aromatic rings. The molecule has 5 rings (SSSR count). The van der Waals surface area contributed by atoms with Crippen molar-refractivity contribution in [3.63, 3.8) is 0 Å². The smallest absolute Gasteiger partial charge is 0.312 e. The van der Waals surface area contributed by atoms with Gasteiger partial charge in [0.15, 0.2) is 0 Å². The summed E-state index contributed by atoms with van der Waals surface area (Å²) in [5.41, 5.74) is 5.85. The van der Waals surface area contributed by atoms with Crippen LogP contribution < -0.4 is 10.6 Å². The van der Waals surface area contributed by atoms with E-state index in [4.69, 9.17) is 4.98 Å². The standard InChI is InChI=1S/C30H40N4O3/c35-29(32-19-27(30(36)37)24-12-11-21-6-1-2-7-23(21)18-24)25-9-4-16-34(20-25)17-5-10-26-14-13-22-8-3-15-31-28(22)33-26/h11-14,18,25,27H,1-10,15-17,19-20H2,(H,31,33)(H,32,35)(H,36,37)/t25-,27?/m1/s1. The number of carbonyl (C=O) groups excluding carboxylic acids is 1. The minimum Gasteiger partial charge on any atom is -0.481 e. The zero-order valence-electron chi connectivity index (χ0n) is 21.8. The molecule has 198 valence electrons. The molecule has 1 aromatic carbocycles. The SMILES string of the molecule is O=C(O)C(CNC(=O)[C@@H]1CCCN(CCCc2ccc3c(n2)NCCC3)C1)c1ccc2c(c1)CCCC2. The second-order valence-corrected chi connectivity index (χ2v) is 11.0. The highest BCUT2D eigenvalue weighted by Crippen LogP contribution is 2.26. The van der Waals surface area contributed by atoms with Gasteiger partial charge in [-0.1, -0.05) is 24.3 Å². The van der Waals surface area contributed by atoms with Crippen molar-refractivity contribution in [1.29, 1.82) is 0 Å². The Hall–Kier alpha value is -2.93. The van der Waals surface area contributed by atoms with E-state index in [-0.39, 0.29) is 18.4 Å².